The summed E-state index contributed by atoms with van der Waals surface area (Å²) in [5.74, 6) is -0.441. The minimum absolute atomic E-state index is 0.0802. The van der Waals surface area contributed by atoms with Gasteiger partial charge in [-0.2, -0.15) is 0 Å². The van der Waals surface area contributed by atoms with E-state index in [2.05, 4.69) is 10.6 Å². The molecule has 24 heavy (non-hydrogen) atoms. The van der Waals surface area contributed by atoms with Crippen molar-refractivity contribution in [2.45, 2.75) is 0 Å². The summed E-state index contributed by atoms with van der Waals surface area (Å²) in [6, 6.07) is 11.8. The van der Waals surface area contributed by atoms with Crippen LogP contribution in [-0.2, 0) is 4.79 Å². The first-order valence-electron chi connectivity index (χ1n) is 6.85. The quantitative estimate of drug-likeness (QED) is 0.443. The number of nitrogens with zero attached hydrogens (tertiary/aromatic N) is 1. The highest BCUT2D eigenvalue weighted by Crippen LogP contribution is 2.19. The van der Waals surface area contributed by atoms with Crippen molar-refractivity contribution in [1.29, 1.82) is 0 Å². The number of nitrogens with two attached hydrogens (primary N) is 1. The third-order valence-electron chi connectivity index (χ3n) is 2.97. The summed E-state index contributed by atoms with van der Waals surface area (Å²) in [4.78, 5) is 33.0. The second-order valence-electron chi connectivity index (χ2n) is 4.71. The van der Waals surface area contributed by atoms with E-state index in [1.54, 1.807) is 42.5 Å². The van der Waals surface area contributed by atoms with Gasteiger partial charge in [-0.1, -0.05) is 12.1 Å². The Kier molecular flexibility index (Phi) is 5.24. The molecular formula is C16H14N4O4. The number of hydrogen-bond donors (Lipinski definition) is 3. The van der Waals surface area contributed by atoms with Crippen LogP contribution >= 0.6 is 0 Å². The van der Waals surface area contributed by atoms with E-state index in [4.69, 9.17) is 5.73 Å². The zero-order valence-electron chi connectivity index (χ0n) is 12.4. The lowest BCUT2D eigenvalue weighted by Gasteiger charge is -2.05. The minimum atomic E-state index is -0.681. The average molecular weight is 326 g/mol. The molecule has 0 aliphatic carbocycles. The van der Waals surface area contributed by atoms with Gasteiger partial charge in [-0.05, 0) is 36.4 Å². The molecule has 0 fully saturated rings. The maximum atomic E-state index is 11.9. The van der Waals surface area contributed by atoms with Gasteiger partial charge in [0.25, 0.3) is 5.69 Å². The van der Waals surface area contributed by atoms with Crippen LogP contribution in [0.4, 0.5) is 21.9 Å². The lowest BCUT2D eigenvalue weighted by atomic mass is 10.1. The smallest absolute Gasteiger partial charge is 0.316 e. The first kappa shape index (κ1) is 16.7. The molecule has 0 saturated heterocycles. The number of carbonyl (C=O) groups is 2. The Morgan fingerprint density at radius 3 is 2.17 bits per heavy atom. The maximum absolute atomic E-state index is 11.9. The summed E-state index contributed by atoms with van der Waals surface area (Å²) in [5, 5.41) is 15.9. The lowest BCUT2D eigenvalue weighted by molar-refractivity contribution is -0.385. The number of nitro groups is 1. The van der Waals surface area contributed by atoms with E-state index in [0.717, 1.165) is 0 Å². The molecule has 4 N–H and O–H groups in total. The molecule has 0 heterocycles. The third kappa shape index (κ3) is 4.67. The number of nitro benzene ring substituents is 1. The van der Waals surface area contributed by atoms with Crippen LogP contribution in [0.3, 0.4) is 0 Å². The maximum Gasteiger partial charge on any atom is 0.316 e. The molecule has 0 aliphatic rings. The normalized spacial score (nSPS) is 10.3. The summed E-state index contributed by atoms with van der Waals surface area (Å²) < 4.78 is 0. The zero-order chi connectivity index (χ0) is 17.5. The molecule has 0 spiro atoms. The molecule has 122 valence electrons. The van der Waals surface area contributed by atoms with Crippen molar-refractivity contribution in [3.05, 3.63) is 70.3 Å². The molecule has 0 aliphatic heterocycles. The second kappa shape index (κ2) is 7.54. The number of benzene rings is 2. The summed E-state index contributed by atoms with van der Waals surface area (Å²) in [5.41, 5.74) is 6.24. The number of hydrogen-bond acceptors (Lipinski definition) is 4. The van der Waals surface area contributed by atoms with Crippen molar-refractivity contribution in [1.82, 2.24) is 0 Å². The first-order chi connectivity index (χ1) is 11.5. The van der Waals surface area contributed by atoms with Crippen LogP contribution in [0.1, 0.15) is 5.56 Å². The molecule has 3 amide bonds. The highest BCUT2D eigenvalue weighted by molar-refractivity contribution is 6.02. The van der Waals surface area contributed by atoms with E-state index >= 15 is 0 Å². The summed E-state index contributed by atoms with van der Waals surface area (Å²) in [6.45, 7) is 0. The fourth-order valence-electron chi connectivity index (χ4n) is 1.92. The predicted octanol–water partition coefficient (Wildman–Crippen LogP) is 2.74. The van der Waals surface area contributed by atoms with Gasteiger partial charge in [0.2, 0.25) is 5.91 Å². The molecule has 8 heteroatoms. The van der Waals surface area contributed by atoms with Gasteiger partial charge in [-0.25, -0.2) is 4.79 Å². The molecular weight excluding hydrogens is 312 g/mol. The van der Waals surface area contributed by atoms with Gasteiger partial charge in [0.1, 0.15) is 0 Å². The number of urea groups is 1. The van der Waals surface area contributed by atoms with Gasteiger partial charge in [0.05, 0.1) is 10.5 Å². The van der Waals surface area contributed by atoms with Gasteiger partial charge < -0.3 is 16.4 Å². The van der Waals surface area contributed by atoms with E-state index in [0.29, 0.717) is 16.9 Å². The van der Waals surface area contributed by atoms with Gasteiger partial charge >= 0.3 is 6.03 Å². The molecule has 2 rings (SSSR count). The lowest BCUT2D eigenvalue weighted by Crippen LogP contribution is -2.19. The fraction of sp³-hybridized carbons (Fsp3) is 0. The molecule has 0 bridgehead atoms. The van der Waals surface area contributed by atoms with E-state index in [9.17, 15) is 19.7 Å². The molecule has 2 aromatic rings. The van der Waals surface area contributed by atoms with Gasteiger partial charge in [0.15, 0.2) is 0 Å². The number of carbonyl (C=O) groups excluding carboxylic acids is 2. The van der Waals surface area contributed by atoms with Crippen molar-refractivity contribution in [3.63, 3.8) is 0 Å². The van der Waals surface area contributed by atoms with Crippen LogP contribution < -0.4 is 16.4 Å². The number of nitrogens with one attached hydrogen (secondary N) is 2. The monoisotopic (exact) mass is 326 g/mol. The van der Waals surface area contributed by atoms with Crippen LogP contribution in [0.5, 0.6) is 0 Å². The summed E-state index contributed by atoms with van der Waals surface area (Å²) in [7, 11) is 0. The second-order valence-corrected chi connectivity index (χ2v) is 4.71. The van der Waals surface area contributed by atoms with Crippen molar-refractivity contribution < 1.29 is 14.5 Å². The molecule has 2 aromatic carbocycles. The number of anilines is 2. The third-order valence-corrected chi connectivity index (χ3v) is 2.97. The standard InChI is InChI=1S/C16H14N4O4/c17-16(22)19-13-8-6-12(7-9-13)18-15(21)10-5-11-3-1-2-4-14(11)20(23)24/h1-10H,(H,18,21)(H3,17,19,22)/b10-5+. The Labute approximate surface area is 137 Å². The number of rotatable bonds is 5. The van der Waals surface area contributed by atoms with Crippen LogP contribution in [0, 0.1) is 10.1 Å². The van der Waals surface area contributed by atoms with E-state index in [1.807, 2.05) is 0 Å². The van der Waals surface area contributed by atoms with Gasteiger partial charge in [-0.15, -0.1) is 0 Å². The number of primary amides is 1. The molecule has 0 saturated carbocycles. The number of amides is 3. The van der Waals surface area contributed by atoms with Crippen LogP contribution in [0.25, 0.3) is 6.08 Å². The largest absolute Gasteiger partial charge is 0.351 e. The fourth-order valence-corrected chi connectivity index (χ4v) is 1.92. The Hall–Kier alpha value is -3.68. The van der Waals surface area contributed by atoms with Crippen molar-refractivity contribution in [2.24, 2.45) is 5.73 Å². The van der Waals surface area contributed by atoms with Gasteiger partial charge in [-0.3, -0.25) is 14.9 Å². The molecule has 0 unspecified atom stereocenters. The van der Waals surface area contributed by atoms with Crippen LogP contribution in [0.2, 0.25) is 0 Å². The Morgan fingerprint density at radius 2 is 1.58 bits per heavy atom. The number of para-hydroxylation sites is 1. The van der Waals surface area contributed by atoms with E-state index < -0.39 is 16.9 Å². The van der Waals surface area contributed by atoms with Crippen LogP contribution in [-0.4, -0.2) is 16.9 Å². The molecule has 8 nitrogen and oxygen atoms in total. The highest BCUT2D eigenvalue weighted by atomic mass is 16.6. The molecule has 0 atom stereocenters. The predicted molar refractivity (Wildman–Crippen MR) is 90.4 cm³/mol. The summed E-state index contributed by atoms with van der Waals surface area (Å²) in [6.07, 6.45) is 2.58. The Morgan fingerprint density at radius 1 is 1.00 bits per heavy atom. The minimum Gasteiger partial charge on any atom is -0.351 e. The van der Waals surface area contributed by atoms with E-state index in [-0.39, 0.29) is 5.69 Å². The van der Waals surface area contributed by atoms with Crippen molar-refractivity contribution in [3.8, 4) is 0 Å². The van der Waals surface area contributed by atoms with Crippen molar-refractivity contribution >= 4 is 35.1 Å². The first-order valence-corrected chi connectivity index (χ1v) is 6.85. The van der Waals surface area contributed by atoms with Crippen molar-refractivity contribution in [2.75, 3.05) is 10.6 Å². The van der Waals surface area contributed by atoms with Crippen LogP contribution in [0.15, 0.2) is 54.6 Å². The Bertz CT molecular complexity index is 800. The van der Waals surface area contributed by atoms with Gasteiger partial charge in [0, 0.05) is 23.5 Å². The topological polar surface area (TPSA) is 127 Å². The molecule has 0 radical (unpaired) electrons. The average Bonchev–Trinajstić information content (AvgIpc) is 2.54. The SMILES string of the molecule is NC(=O)Nc1ccc(NC(=O)/C=C/c2ccccc2[N+](=O)[O-])cc1. The van der Waals surface area contributed by atoms with E-state index in [1.165, 1.54) is 18.2 Å². The molecule has 0 aromatic heterocycles. The zero-order valence-corrected chi connectivity index (χ0v) is 12.4. The summed E-state index contributed by atoms with van der Waals surface area (Å²) >= 11 is 0. The Balaban J connectivity index is 2.03. The highest BCUT2D eigenvalue weighted by Gasteiger charge is 2.09.